The van der Waals surface area contributed by atoms with Crippen LogP contribution in [0.3, 0.4) is 0 Å². The molecule has 1 atom stereocenters. The van der Waals surface area contributed by atoms with Crippen LogP contribution in [0.2, 0.25) is 0 Å². The van der Waals surface area contributed by atoms with Gasteiger partial charge in [0.1, 0.15) is 6.04 Å². The molecule has 2 amide bonds. The Kier molecular flexibility index (Phi) is 5.90. The second kappa shape index (κ2) is 7.70. The van der Waals surface area contributed by atoms with Crippen LogP contribution in [0, 0.1) is 0 Å². The van der Waals surface area contributed by atoms with Crippen molar-refractivity contribution in [3.05, 3.63) is 50.4 Å². The van der Waals surface area contributed by atoms with Crippen molar-refractivity contribution in [1.82, 2.24) is 9.88 Å². The topological polar surface area (TPSA) is 76.3 Å². The third kappa shape index (κ3) is 4.39. The van der Waals surface area contributed by atoms with E-state index in [2.05, 4.69) is 20.9 Å². The zero-order chi connectivity index (χ0) is 17.0. The van der Waals surface area contributed by atoms with Crippen LogP contribution in [-0.4, -0.2) is 28.7 Å². The summed E-state index contributed by atoms with van der Waals surface area (Å²) in [5, 5.41) is 2.87. The fourth-order valence-electron chi connectivity index (χ4n) is 2.27. The molecular weight excluding hydrogens is 378 g/mol. The van der Waals surface area contributed by atoms with Gasteiger partial charge in [-0.05, 0) is 24.1 Å². The van der Waals surface area contributed by atoms with Crippen molar-refractivity contribution < 1.29 is 9.59 Å². The lowest BCUT2D eigenvalue weighted by Gasteiger charge is -2.26. The number of hydrogen-bond donors (Lipinski definition) is 1. The van der Waals surface area contributed by atoms with Crippen molar-refractivity contribution in [2.24, 2.45) is 5.73 Å². The highest BCUT2D eigenvalue weighted by Crippen LogP contribution is 2.23. The molecule has 1 heterocycles. The van der Waals surface area contributed by atoms with E-state index in [0.29, 0.717) is 5.56 Å². The summed E-state index contributed by atoms with van der Waals surface area (Å²) >= 11 is 4.90. The highest BCUT2D eigenvalue weighted by Gasteiger charge is 2.27. The van der Waals surface area contributed by atoms with Gasteiger partial charge in [-0.1, -0.05) is 35.0 Å². The molecule has 0 aliphatic rings. The van der Waals surface area contributed by atoms with Crippen LogP contribution in [0.4, 0.5) is 0 Å². The predicted octanol–water partition coefficient (Wildman–Crippen LogP) is 2.70. The van der Waals surface area contributed by atoms with Crippen molar-refractivity contribution in [2.45, 2.75) is 25.8 Å². The maximum absolute atomic E-state index is 12.5. The summed E-state index contributed by atoms with van der Waals surface area (Å²) in [4.78, 5) is 30.1. The Balaban J connectivity index is 2.18. The van der Waals surface area contributed by atoms with E-state index in [4.69, 9.17) is 5.73 Å². The number of halogens is 1. The summed E-state index contributed by atoms with van der Waals surface area (Å²) in [6.07, 6.45) is 1.00. The molecular formula is C16H18BrN3O2S. The Morgan fingerprint density at radius 3 is 2.74 bits per heavy atom. The van der Waals surface area contributed by atoms with Gasteiger partial charge in [0.15, 0.2) is 0 Å². The minimum absolute atomic E-state index is 0.158. The largest absolute Gasteiger partial charge is 0.368 e. The first-order valence-corrected chi connectivity index (χ1v) is 8.83. The molecule has 1 aromatic heterocycles. The maximum Gasteiger partial charge on any atom is 0.244 e. The third-order valence-electron chi connectivity index (χ3n) is 3.45. The first kappa shape index (κ1) is 17.6. The Labute approximate surface area is 147 Å². The van der Waals surface area contributed by atoms with Crippen molar-refractivity contribution >= 4 is 39.1 Å². The van der Waals surface area contributed by atoms with Crippen LogP contribution in [0.25, 0.3) is 0 Å². The fraction of sp³-hybridized carbons (Fsp3) is 0.312. The van der Waals surface area contributed by atoms with E-state index in [1.807, 2.05) is 24.4 Å². The number of primary amides is 1. The van der Waals surface area contributed by atoms with E-state index in [9.17, 15) is 9.59 Å². The van der Waals surface area contributed by atoms with Crippen molar-refractivity contribution in [3.63, 3.8) is 0 Å². The molecule has 0 unspecified atom stereocenters. The van der Waals surface area contributed by atoms with Gasteiger partial charge < -0.3 is 10.6 Å². The van der Waals surface area contributed by atoms with E-state index >= 15 is 0 Å². The number of rotatable bonds is 6. The first-order chi connectivity index (χ1) is 10.9. The summed E-state index contributed by atoms with van der Waals surface area (Å²) in [5.74, 6) is -0.756. The zero-order valence-corrected chi connectivity index (χ0v) is 15.4. The van der Waals surface area contributed by atoms with Gasteiger partial charge in [-0.25, -0.2) is 4.98 Å². The highest BCUT2D eigenvalue weighted by atomic mass is 79.9. The lowest BCUT2D eigenvalue weighted by molar-refractivity contribution is -0.137. The smallest absolute Gasteiger partial charge is 0.244 e. The van der Waals surface area contributed by atoms with Gasteiger partial charge in [0.25, 0.3) is 0 Å². The average molecular weight is 396 g/mol. The maximum atomic E-state index is 12.5. The molecule has 0 aliphatic carbocycles. The molecule has 1 aromatic carbocycles. The zero-order valence-electron chi connectivity index (χ0n) is 13.0. The number of nitrogens with zero attached hydrogens (tertiary/aromatic N) is 2. The van der Waals surface area contributed by atoms with E-state index in [1.165, 1.54) is 16.2 Å². The van der Waals surface area contributed by atoms with Crippen molar-refractivity contribution in [1.29, 1.82) is 0 Å². The fourth-order valence-corrected chi connectivity index (χ4v) is 3.43. The molecule has 122 valence electrons. The molecule has 23 heavy (non-hydrogen) atoms. The van der Waals surface area contributed by atoms with Gasteiger partial charge in [-0.3, -0.25) is 9.59 Å². The number of aromatic nitrogens is 1. The summed E-state index contributed by atoms with van der Waals surface area (Å²) in [7, 11) is 1.59. The third-order valence-corrected chi connectivity index (χ3v) is 4.98. The van der Waals surface area contributed by atoms with Crippen LogP contribution >= 0.6 is 27.3 Å². The molecule has 5 nitrogen and oxygen atoms in total. The number of nitrogens with two attached hydrogens (primary N) is 1. The Morgan fingerprint density at radius 1 is 1.43 bits per heavy atom. The monoisotopic (exact) mass is 395 g/mol. The van der Waals surface area contributed by atoms with Crippen LogP contribution in [0.5, 0.6) is 0 Å². The molecule has 2 rings (SSSR count). The highest BCUT2D eigenvalue weighted by molar-refractivity contribution is 9.10. The summed E-state index contributed by atoms with van der Waals surface area (Å²) < 4.78 is 0.828. The number of hydrogen-bond acceptors (Lipinski definition) is 4. The van der Waals surface area contributed by atoms with E-state index in [0.717, 1.165) is 21.6 Å². The van der Waals surface area contributed by atoms with Crippen LogP contribution < -0.4 is 5.73 Å². The first-order valence-electron chi connectivity index (χ1n) is 7.16. The normalized spacial score (nSPS) is 12.0. The quantitative estimate of drug-likeness (QED) is 0.816. The Hall–Kier alpha value is -1.73. The standard InChI is InChI=1S/C16H18BrN3O2S/c1-3-13-19-12(9-23-13)8-14(21)20(2)15(16(18)22)10-5-4-6-11(17)7-10/h4-7,9,15H,3,8H2,1-2H3,(H2,18,22)/t15-/m0/s1. The Morgan fingerprint density at radius 2 is 2.17 bits per heavy atom. The number of thiazole rings is 1. The molecule has 0 aliphatic heterocycles. The van der Waals surface area contributed by atoms with Gasteiger partial charge in [0, 0.05) is 16.9 Å². The molecule has 0 radical (unpaired) electrons. The number of carbonyl (C=O) groups excluding carboxylic acids is 2. The summed E-state index contributed by atoms with van der Waals surface area (Å²) in [5.41, 5.74) is 6.91. The molecule has 2 N–H and O–H groups in total. The molecule has 0 spiro atoms. The van der Waals surface area contributed by atoms with Crippen molar-refractivity contribution in [3.8, 4) is 0 Å². The molecule has 2 aromatic rings. The number of carbonyl (C=O) groups is 2. The number of aryl methyl sites for hydroxylation is 1. The number of likely N-dealkylation sites (N-methyl/N-ethyl adjacent to an activating group) is 1. The van der Waals surface area contributed by atoms with Gasteiger partial charge in [-0.2, -0.15) is 0 Å². The molecule has 7 heteroatoms. The summed E-state index contributed by atoms with van der Waals surface area (Å²) in [6, 6.07) is 6.43. The van der Waals surface area contributed by atoms with Gasteiger partial charge in [0.05, 0.1) is 17.1 Å². The predicted molar refractivity (Wildman–Crippen MR) is 94.0 cm³/mol. The van der Waals surface area contributed by atoms with Gasteiger partial charge in [0.2, 0.25) is 11.8 Å². The SMILES string of the molecule is CCc1nc(CC(=O)N(C)[C@H](C(N)=O)c2cccc(Br)c2)cs1. The number of benzene rings is 1. The average Bonchev–Trinajstić information content (AvgIpc) is 2.94. The lowest BCUT2D eigenvalue weighted by atomic mass is 10.0. The molecule has 0 saturated heterocycles. The Bertz CT molecular complexity index is 717. The minimum Gasteiger partial charge on any atom is -0.368 e. The number of amides is 2. The molecule has 0 saturated carbocycles. The van der Waals surface area contributed by atoms with E-state index < -0.39 is 11.9 Å². The van der Waals surface area contributed by atoms with Crippen LogP contribution in [0.15, 0.2) is 34.1 Å². The van der Waals surface area contributed by atoms with Gasteiger partial charge in [-0.15, -0.1) is 11.3 Å². The van der Waals surface area contributed by atoms with Crippen LogP contribution in [0.1, 0.15) is 29.2 Å². The van der Waals surface area contributed by atoms with Gasteiger partial charge >= 0.3 is 0 Å². The second-order valence-electron chi connectivity index (χ2n) is 5.13. The summed E-state index contributed by atoms with van der Waals surface area (Å²) in [6.45, 7) is 2.02. The van der Waals surface area contributed by atoms with Crippen LogP contribution in [-0.2, 0) is 22.4 Å². The molecule has 0 bridgehead atoms. The second-order valence-corrected chi connectivity index (χ2v) is 6.99. The molecule has 0 fully saturated rings. The van der Waals surface area contributed by atoms with E-state index in [1.54, 1.807) is 19.2 Å². The van der Waals surface area contributed by atoms with Crippen molar-refractivity contribution in [2.75, 3.05) is 7.05 Å². The lowest BCUT2D eigenvalue weighted by Crippen LogP contribution is -2.39. The minimum atomic E-state index is -0.802. The van der Waals surface area contributed by atoms with E-state index in [-0.39, 0.29) is 12.3 Å².